The number of carbonyl (C=O) groups is 1. The second-order valence-corrected chi connectivity index (χ2v) is 6.42. The number of hydrogen-bond donors (Lipinski definition) is 0. The van der Waals surface area contributed by atoms with Gasteiger partial charge in [0.25, 0.3) is 0 Å². The molecule has 18 heavy (non-hydrogen) atoms. The van der Waals surface area contributed by atoms with Crippen LogP contribution in [0.25, 0.3) is 0 Å². The van der Waals surface area contributed by atoms with Crippen LogP contribution in [0.4, 0.5) is 0 Å². The second-order valence-electron chi connectivity index (χ2n) is 3.58. The third-order valence-electron chi connectivity index (χ3n) is 2.30. The van der Waals surface area contributed by atoms with Crippen molar-refractivity contribution in [2.75, 3.05) is 6.61 Å². The molecule has 0 N–H and O–H groups in total. The lowest BCUT2D eigenvalue weighted by Crippen LogP contribution is -2.33. The summed E-state index contributed by atoms with van der Waals surface area (Å²) in [5.41, 5.74) is 0.698. The highest BCUT2D eigenvalue weighted by Gasteiger charge is 2.45. The average molecular weight is 330 g/mol. The molecule has 0 bridgehead atoms. The molecule has 6 heteroatoms. The maximum absolute atomic E-state index is 11.8. The molecular formula is C12H12Cl4O2. The lowest BCUT2D eigenvalue weighted by atomic mass is 10.00. The first kappa shape index (κ1) is 15.9. The molecule has 0 fully saturated rings. The van der Waals surface area contributed by atoms with Gasteiger partial charge in [0, 0.05) is 0 Å². The van der Waals surface area contributed by atoms with E-state index in [1.54, 1.807) is 31.2 Å². The number of hydrogen-bond acceptors (Lipinski definition) is 2. The number of halogens is 4. The highest BCUT2D eigenvalue weighted by Crippen LogP contribution is 2.45. The minimum absolute atomic E-state index is 0.203. The van der Waals surface area contributed by atoms with Gasteiger partial charge >= 0.3 is 5.97 Å². The van der Waals surface area contributed by atoms with Gasteiger partial charge in [-0.2, -0.15) is 0 Å². The Hall–Kier alpha value is -0.150. The highest BCUT2D eigenvalue weighted by molar-refractivity contribution is 6.68. The highest BCUT2D eigenvalue weighted by atomic mass is 35.6. The van der Waals surface area contributed by atoms with Gasteiger partial charge in [-0.1, -0.05) is 65.1 Å². The lowest BCUT2D eigenvalue weighted by Gasteiger charge is -2.26. The van der Waals surface area contributed by atoms with Crippen molar-refractivity contribution in [3.8, 4) is 0 Å². The summed E-state index contributed by atoms with van der Waals surface area (Å²) in [6.45, 7) is 1.88. The van der Waals surface area contributed by atoms with Gasteiger partial charge in [0.2, 0.25) is 3.79 Å². The van der Waals surface area contributed by atoms with Crippen molar-refractivity contribution in [3.63, 3.8) is 0 Å². The molecule has 0 heterocycles. The Bertz CT molecular complexity index is 389. The summed E-state index contributed by atoms with van der Waals surface area (Å²) < 4.78 is 3.07. The van der Waals surface area contributed by atoms with Gasteiger partial charge in [0.05, 0.1) is 12.0 Å². The predicted molar refractivity (Wildman–Crippen MR) is 75.4 cm³/mol. The number of carbonyl (C=O) groups excluding carboxylic acids is 1. The number of alkyl halides is 4. The largest absolute Gasteiger partial charge is 0.466 e. The lowest BCUT2D eigenvalue weighted by molar-refractivity contribution is -0.147. The first-order valence-electron chi connectivity index (χ1n) is 5.30. The minimum Gasteiger partial charge on any atom is -0.466 e. The fourth-order valence-corrected chi connectivity index (χ4v) is 2.76. The van der Waals surface area contributed by atoms with Crippen molar-refractivity contribution in [1.29, 1.82) is 0 Å². The smallest absolute Gasteiger partial charge is 0.315 e. The third kappa shape index (κ3) is 4.20. The summed E-state index contributed by atoms with van der Waals surface area (Å²) in [7, 11) is 0. The van der Waals surface area contributed by atoms with E-state index in [1.807, 2.05) is 6.07 Å². The number of ether oxygens (including phenoxy) is 1. The van der Waals surface area contributed by atoms with Gasteiger partial charge in [-0.3, -0.25) is 4.79 Å². The maximum atomic E-state index is 11.8. The van der Waals surface area contributed by atoms with Crippen molar-refractivity contribution >= 4 is 52.4 Å². The van der Waals surface area contributed by atoms with Crippen LogP contribution in [0.1, 0.15) is 17.9 Å². The zero-order valence-corrected chi connectivity index (χ0v) is 12.6. The molecule has 0 radical (unpaired) electrons. The molecule has 0 saturated heterocycles. The van der Waals surface area contributed by atoms with Crippen molar-refractivity contribution in [2.45, 2.75) is 16.1 Å². The summed E-state index contributed by atoms with van der Waals surface area (Å²) in [6.07, 6.45) is 0. The molecule has 0 spiro atoms. The summed E-state index contributed by atoms with van der Waals surface area (Å²) in [4.78, 5) is 11.8. The van der Waals surface area contributed by atoms with E-state index in [2.05, 4.69) is 0 Å². The molecule has 0 amide bonds. The first-order valence-corrected chi connectivity index (χ1v) is 6.87. The molecule has 0 aromatic heterocycles. The van der Waals surface area contributed by atoms with Gasteiger partial charge in [0.15, 0.2) is 0 Å². The van der Waals surface area contributed by atoms with E-state index < -0.39 is 21.1 Å². The monoisotopic (exact) mass is 328 g/mol. The molecule has 0 aliphatic heterocycles. The average Bonchev–Trinajstić information content (AvgIpc) is 2.28. The predicted octanol–water partition coefficient (Wildman–Crippen LogP) is 4.52. The minimum atomic E-state index is -1.82. The fourth-order valence-electron chi connectivity index (χ4n) is 1.48. The zero-order chi connectivity index (χ0) is 13.8. The Morgan fingerprint density at radius 2 is 1.83 bits per heavy atom. The summed E-state index contributed by atoms with van der Waals surface area (Å²) >= 11 is 23.7. The topological polar surface area (TPSA) is 26.3 Å². The molecule has 0 aliphatic rings. The van der Waals surface area contributed by atoms with E-state index in [0.29, 0.717) is 5.56 Å². The van der Waals surface area contributed by atoms with Crippen LogP contribution in [0.15, 0.2) is 30.3 Å². The Morgan fingerprint density at radius 3 is 2.28 bits per heavy atom. The van der Waals surface area contributed by atoms with E-state index in [0.717, 1.165) is 0 Å². The van der Waals surface area contributed by atoms with Crippen LogP contribution >= 0.6 is 46.4 Å². The molecule has 0 saturated carbocycles. The van der Waals surface area contributed by atoms with E-state index >= 15 is 0 Å². The van der Waals surface area contributed by atoms with E-state index in [4.69, 9.17) is 51.1 Å². The van der Waals surface area contributed by atoms with E-state index in [1.165, 1.54) is 0 Å². The van der Waals surface area contributed by atoms with Crippen LogP contribution in [-0.4, -0.2) is 16.4 Å². The Labute approximate surface area is 126 Å². The van der Waals surface area contributed by atoms with Gasteiger partial charge in [-0.05, 0) is 12.5 Å². The Kier molecular flexibility index (Phi) is 6.06. The molecule has 2 nitrogen and oxygen atoms in total. The quantitative estimate of drug-likeness (QED) is 0.599. The van der Waals surface area contributed by atoms with E-state index in [-0.39, 0.29) is 6.61 Å². The summed E-state index contributed by atoms with van der Waals surface area (Å²) in [5, 5.41) is -0.766. The summed E-state index contributed by atoms with van der Waals surface area (Å²) in [6, 6.07) is 8.96. The van der Waals surface area contributed by atoms with Gasteiger partial charge < -0.3 is 4.74 Å². The zero-order valence-electron chi connectivity index (χ0n) is 9.58. The molecular weight excluding hydrogens is 318 g/mol. The molecule has 1 aromatic carbocycles. The van der Waals surface area contributed by atoms with Crippen molar-refractivity contribution < 1.29 is 9.53 Å². The van der Waals surface area contributed by atoms with Crippen molar-refractivity contribution in [1.82, 2.24) is 0 Å². The van der Waals surface area contributed by atoms with Crippen LogP contribution in [0.3, 0.4) is 0 Å². The fraction of sp³-hybridized carbons (Fsp3) is 0.417. The van der Waals surface area contributed by atoms with Crippen molar-refractivity contribution in [2.24, 2.45) is 5.92 Å². The molecule has 100 valence electrons. The Morgan fingerprint density at radius 1 is 1.28 bits per heavy atom. The van der Waals surface area contributed by atoms with Crippen LogP contribution in [0.5, 0.6) is 0 Å². The number of esters is 1. The van der Waals surface area contributed by atoms with Gasteiger partial charge in [0.1, 0.15) is 5.92 Å². The van der Waals surface area contributed by atoms with Gasteiger partial charge in [-0.15, -0.1) is 11.6 Å². The summed E-state index contributed by atoms with van der Waals surface area (Å²) in [5.74, 6) is -1.69. The molecule has 0 aliphatic carbocycles. The molecule has 2 unspecified atom stereocenters. The second kappa shape index (κ2) is 6.85. The number of rotatable bonds is 4. The van der Waals surface area contributed by atoms with Crippen molar-refractivity contribution in [3.05, 3.63) is 35.9 Å². The molecule has 1 rings (SSSR count). The molecule has 1 aromatic rings. The van der Waals surface area contributed by atoms with Crippen LogP contribution < -0.4 is 0 Å². The van der Waals surface area contributed by atoms with Gasteiger partial charge in [-0.25, -0.2) is 0 Å². The van der Waals surface area contributed by atoms with E-state index in [9.17, 15) is 4.79 Å². The normalized spacial score (nSPS) is 14.9. The Balaban J connectivity index is 3.01. The third-order valence-corrected chi connectivity index (χ3v) is 3.51. The SMILES string of the molecule is CCOC(=O)C(C(Cl)c1ccccc1)C(Cl)(Cl)Cl. The number of benzene rings is 1. The maximum Gasteiger partial charge on any atom is 0.315 e. The molecule has 2 atom stereocenters. The standard InChI is InChI=1S/C12H12Cl4O2/c1-2-18-11(17)9(12(14,15)16)10(13)8-6-4-3-5-7-8/h3-7,9-10H,2H2,1H3. The van der Waals surface area contributed by atoms with Crippen LogP contribution in [-0.2, 0) is 9.53 Å². The van der Waals surface area contributed by atoms with Crippen LogP contribution in [0, 0.1) is 5.92 Å². The first-order chi connectivity index (χ1) is 8.38. The van der Waals surface area contributed by atoms with Crippen LogP contribution in [0.2, 0.25) is 0 Å².